The van der Waals surface area contributed by atoms with E-state index in [1.54, 1.807) is 17.1 Å². The number of H-pyrrole nitrogens is 1. The van der Waals surface area contributed by atoms with Gasteiger partial charge in [0, 0.05) is 36.6 Å². The molecule has 3 N–H and O–H groups in total. The molecule has 7 heteroatoms. The molecule has 5 rings (SSSR count). The van der Waals surface area contributed by atoms with Crippen molar-refractivity contribution in [2.24, 2.45) is 12.8 Å². The monoisotopic (exact) mass is 360 g/mol. The number of aromatic nitrogens is 5. The Hall–Kier alpha value is -3.19. The summed E-state index contributed by atoms with van der Waals surface area (Å²) >= 11 is 0. The second-order valence-corrected chi connectivity index (χ2v) is 6.89. The van der Waals surface area contributed by atoms with Crippen molar-refractivity contribution in [3.8, 4) is 28.3 Å². The number of benzene rings is 1. The van der Waals surface area contributed by atoms with Crippen LogP contribution < -0.4 is 10.5 Å². The van der Waals surface area contributed by atoms with E-state index in [-0.39, 0.29) is 6.04 Å². The Labute approximate surface area is 156 Å². The van der Waals surface area contributed by atoms with Crippen LogP contribution in [0.25, 0.3) is 33.7 Å². The molecule has 0 saturated heterocycles. The third-order valence-corrected chi connectivity index (χ3v) is 5.01. The van der Waals surface area contributed by atoms with E-state index in [4.69, 9.17) is 10.5 Å². The molecule has 27 heavy (non-hydrogen) atoms. The van der Waals surface area contributed by atoms with E-state index in [0.717, 1.165) is 52.2 Å². The number of rotatable bonds is 2. The number of nitrogens with two attached hydrogens (primary N) is 1. The summed E-state index contributed by atoms with van der Waals surface area (Å²) in [5, 5.41) is 4.22. The third kappa shape index (κ3) is 2.76. The maximum Gasteiger partial charge on any atom is 0.178 e. The molecule has 0 spiro atoms. The number of nitrogens with one attached hydrogen (secondary N) is 1. The highest BCUT2D eigenvalue weighted by atomic mass is 16.5. The Morgan fingerprint density at radius 1 is 1.26 bits per heavy atom. The van der Waals surface area contributed by atoms with Crippen molar-refractivity contribution >= 4 is 11.2 Å². The molecule has 0 saturated carbocycles. The van der Waals surface area contributed by atoms with Crippen LogP contribution in [0.5, 0.6) is 5.75 Å². The van der Waals surface area contributed by atoms with Gasteiger partial charge in [-0.05, 0) is 30.5 Å². The first-order valence-electron chi connectivity index (χ1n) is 9.05. The van der Waals surface area contributed by atoms with Gasteiger partial charge in [-0.15, -0.1) is 0 Å². The average Bonchev–Trinajstić information content (AvgIpc) is 3.26. The Balaban J connectivity index is 1.63. The zero-order valence-electron chi connectivity index (χ0n) is 15.0. The highest BCUT2D eigenvalue weighted by molar-refractivity contribution is 5.91. The van der Waals surface area contributed by atoms with Gasteiger partial charge in [0.2, 0.25) is 0 Å². The van der Waals surface area contributed by atoms with Crippen molar-refractivity contribution in [1.82, 2.24) is 24.7 Å². The fraction of sp³-hybridized carbons (Fsp3) is 0.250. The normalized spacial score (nSPS) is 16.7. The van der Waals surface area contributed by atoms with E-state index < -0.39 is 0 Å². The van der Waals surface area contributed by atoms with Gasteiger partial charge < -0.3 is 15.5 Å². The molecule has 0 fully saturated rings. The van der Waals surface area contributed by atoms with Crippen LogP contribution in [0.4, 0.5) is 0 Å². The summed E-state index contributed by atoms with van der Waals surface area (Å²) in [6.45, 7) is 0.700. The summed E-state index contributed by atoms with van der Waals surface area (Å²) in [7, 11) is 1.89. The van der Waals surface area contributed by atoms with Gasteiger partial charge in [0.15, 0.2) is 5.65 Å². The molecular formula is C20H20N6O. The molecule has 136 valence electrons. The van der Waals surface area contributed by atoms with Crippen molar-refractivity contribution in [3.05, 3.63) is 48.4 Å². The highest BCUT2D eigenvalue weighted by Gasteiger charge is 2.18. The third-order valence-electron chi connectivity index (χ3n) is 5.01. The van der Waals surface area contributed by atoms with Crippen molar-refractivity contribution in [2.45, 2.75) is 18.9 Å². The van der Waals surface area contributed by atoms with Crippen LogP contribution in [0.3, 0.4) is 0 Å². The zero-order valence-corrected chi connectivity index (χ0v) is 15.0. The molecule has 0 aliphatic carbocycles. The average molecular weight is 360 g/mol. The molecule has 1 aromatic carbocycles. The molecule has 4 heterocycles. The lowest BCUT2D eigenvalue weighted by molar-refractivity contribution is 0.316. The van der Waals surface area contributed by atoms with E-state index in [9.17, 15) is 0 Å². The summed E-state index contributed by atoms with van der Waals surface area (Å²) in [5.41, 5.74) is 11.9. The summed E-state index contributed by atoms with van der Waals surface area (Å²) < 4.78 is 7.69. The van der Waals surface area contributed by atoms with Gasteiger partial charge in [-0.3, -0.25) is 4.68 Å². The zero-order chi connectivity index (χ0) is 18.4. The van der Waals surface area contributed by atoms with Gasteiger partial charge >= 0.3 is 0 Å². The standard InChI is InChI=1S/C20H20N6O/c1-26-11-13(10-23-26)19-24-18-14(6-7-22-20(18)25-19)12-4-5-15-16(21)3-2-8-27-17(15)9-12/h4-7,9-11,16H,2-3,8,21H2,1H3,(H,22,24,25). The van der Waals surface area contributed by atoms with Crippen LogP contribution >= 0.6 is 0 Å². The molecule has 0 amide bonds. The minimum absolute atomic E-state index is 0.0262. The fourth-order valence-electron chi connectivity index (χ4n) is 3.61. The van der Waals surface area contributed by atoms with Gasteiger partial charge in [-0.2, -0.15) is 5.10 Å². The number of ether oxygens (including phenoxy) is 1. The Morgan fingerprint density at radius 2 is 2.19 bits per heavy atom. The first-order chi connectivity index (χ1) is 13.2. The molecule has 1 aliphatic rings. The molecule has 1 unspecified atom stereocenters. The summed E-state index contributed by atoms with van der Waals surface area (Å²) in [4.78, 5) is 12.4. The van der Waals surface area contributed by atoms with Crippen LogP contribution in [0.1, 0.15) is 24.4 Å². The molecule has 7 nitrogen and oxygen atoms in total. The van der Waals surface area contributed by atoms with Gasteiger partial charge in [-0.1, -0.05) is 12.1 Å². The Morgan fingerprint density at radius 3 is 3.04 bits per heavy atom. The highest BCUT2D eigenvalue weighted by Crippen LogP contribution is 2.36. The molecule has 0 bridgehead atoms. The second kappa shape index (κ2) is 6.21. The number of pyridine rings is 1. The molecular weight excluding hydrogens is 340 g/mol. The quantitative estimate of drug-likeness (QED) is 0.572. The predicted octanol–water partition coefficient (Wildman–Crippen LogP) is 3.20. The van der Waals surface area contributed by atoms with Crippen LogP contribution in [0.2, 0.25) is 0 Å². The van der Waals surface area contributed by atoms with Crippen molar-refractivity contribution in [1.29, 1.82) is 0 Å². The van der Waals surface area contributed by atoms with E-state index in [2.05, 4.69) is 38.2 Å². The fourth-order valence-corrected chi connectivity index (χ4v) is 3.61. The molecule has 1 atom stereocenters. The Bertz CT molecular complexity index is 1130. The van der Waals surface area contributed by atoms with Crippen molar-refractivity contribution in [2.75, 3.05) is 6.61 Å². The maximum atomic E-state index is 6.28. The molecule has 1 aliphatic heterocycles. The summed E-state index contributed by atoms with van der Waals surface area (Å²) in [6.07, 6.45) is 7.41. The van der Waals surface area contributed by atoms with Crippen LogP contribution in [-0.4, -0.2) is 31.3 Å². The Kier molecular flexibility index (Phi) is 3.68. The smallest absolute Gasteiger partial charge is 0.178 e. The minimum atomic E-state index is 0.0262. The summed E-state index contributed by atoms with van der Waals surface area (Å²) in [6, 6.07) is 8.25. The van der Waals surface area contributed by atoms with E-state index in [1.807, 2.05) is 19.3 Å². The maximum absolute atomic E-state index is 6.28. The van der Waals surface area contributed by atoms with Crippen molar-refractivity contribution < 1.29 is 4.74 Å². The van der Waals surface area contributed by atoms with Crippen molar-refractivity contribution in [3.63, 3.8) is 0 Å². The molecule has 3 aromatic heterocycles. The number of nitrogens with zero attached hydrogens (tertiary/aromatic N) is 4. The number of aryl methyl sites for hydroxylation is 1. The SMILES string of the molecule is Cn1cc(-c2nc3nccc(-c4ccc5c(c4)OCCCC5N)c3[nH]2)cn1. The molecule has 4 aromatic rings. The lowest BCUT2D eigenvalue weighted by Gasteiger charge is -2.13. The predicted molar refractivity (Wildman–Crippen MR) is 103 cm³/mol. The van der Waals surface area contributed by atoms with Crippen LogP contribution in [-0.2, 0) is 7.05 Å². The van der Waals surface area contributed by atoms with E-state index >= 15 is 0 Å². The number of fused-ring (bicyclic) bond motifs is 2. The minimum Gasteiger partial charge on any atom is -0.493 e. The van der Waals surface area contributed by atoms with Gasteiger partial charge in [0.05, 0.1) is 23.9 Å². The van der Waals surface area contributed by atoms with Gasteiger partial charge in [0.1, 0.15) is 11.6 Å². The first-order valence-corrected chi connectivity index (χ1v) is 9.05. The lowest BCUT2D eigenvalue weighted by atomic mass is 9.98. The first kappa shape index (κ1) is 16.0. The van der Waals surface area contributed by atoms with Gasteiger partial charge in [-0.25, -0.2) is 9.97 Å². The number of hydrogen-bond donors (Lipinski definition) is 2. The molecule has 0 radical (unpaired) electrons. The largest absolute Gasteiger partial charge is 0.493 e. The second-order valence-electron chi connectivity index (χ2n) is 6.89. The number of aromatic amines is 1. The van der Waals surface area contributed by atoms with E-state index in [0.29, 0.717) is 12.3 Å². The van der Waals surface area contributed by atoms with Crippen LogP contribution in [0, 0.1) is 0 Å². The number of hydrogen-bond acceptors (Lipinski definition) is 5. The lowest BCUT2D eigenvalue weighted by Crippen LogP contribution is -2.08. The summed E-state index contributed by atoms with van der Waals surface area (Å²) in [5.74, 6) is 1.63. The van der Waals surface area contributed by atoms with E-state index in [1.165, 1.54) is 0 Å². The van der Waals surface area contributed by atoms with Gasteiger partial charge in [0.25, 0.3) is 0 Å². The van der Waals surface area contributed by atoms with Crippen LogP contribution in [0.15, 0.2) is 42.9 Å². The topological polar surface area (TPSA) is 94.6 Å². The number of imidazole rings is 1.